The van der Waals surface area contributed by atoms with Gasteiger partial charge in [0, 0.05) is 6.04 Å². The van der Waals surface area contributed by atoms with Crippen molar-refractivity contribution >= 4 is 21.6 Å². The van der Waals surface area contributed by atoms with Crippen molar-refractivity contribution in [1.29, 1.82) is 0 Å². The molecule has 0 bridgehead atoms. The number of rotatable bonds is 5. The SMILES string of the molecule is Cc1cc(F)ccc1S(=O)(=O)Nc1ccccc1C(=O)NC1CC1. The first kappa shape index (κ1) is 16.4. The first-order valence-electron chi connectivity index (χ1n) is 7.56. The Kier molecular flexibility index (Phi) is 4.28. The van der Waals surface area contributed by atoms with Crippen LogP contribution in [0.25, 0.3) is 0 Å². The summed E-state index contributed by atoms with van der Waals surface area (Å²) in [6, 6.07) is 10.0. The number of carbonyl (C=O) groups excluding carboxylic acids is 1. The zero-order chi connectivity index (χ0) is 17.3. The lowest BCUT2D eigenvalue weighted by Gasteiger charge is -2.14. The smallest absolute Gasteiger partial charge is 0.262 e. The molecule has 2 N–H and O–H groups in total. The maximum atomic E-state index is 13.2. The summed E-state index contributed by atoms with van der Waals surface area (Å²) in [5.41, 5.74) is 0.745. The predicted molar refractivity (Wildman–Crippen MR) is 88.9 cm³/mol. The van der Waals surface area contributed by atoms with Gasteiger partial charge in [0.15, 0.2) is 0 Å². The number of aryl methyl sites for hydroxylation is 1. The largest absolute Gasteiger partial charge is 0.349 e. The van der Waals surface area contributed by atoms with Gasteiger partial charge in [-0.1, -0.05) is 12.1 Å². The van der Waals surface area contributed by atoms with E-state index in [1.54, 1.807) is 18.2 Å². The van der Waals surface area contributed by atoms with Crippen molar-refractivity contribution in [3.8, 4) is 0 Å². The van der Waals surface area contributed by atoms with Crippen molar-refractivity contribution in [3.63, 3.8) is 0 Å². The van der Waals surface area contributed by atoms with E-state index in [0.29, 0.717) is 5.56 Å². The Balaban J connectivity index is 1.91. The molecular formula is C17H17FN2O3S. The lowest BCUT2D eigenvalue weighted by atomic mass is 10.1. The lowest BCUT2D eigenvalue weighted by molar-refractivity contribution is 0.0952. The molecule has 2 aromatic rings. The third kappa shape index (κ3) is 3.56. The highest BCUT2D eigenvalue weighted by Crippen LogP contribution is 2.24. The minimum atomic E-state index is -3.93. The van der Waals surface area contributed by atoms with Crippen LogP contribution in [0.2, 0.25) is 0 Å². The Labute approximate surface area is 139 Å². The lowest BCUT2D eigenvalue weighted by Crippen LogP contribution is -2.27. The van der Waals surface area contributed by atoms with Crippen LogP contribution in [0.1, 0.15) is 28.8 Å². The number of para-hydroxylation sites is 1. The number of sulfonamides is 1. The predicted octanol–water partition coefficient (Wildman–Crippen LogP) is 2.83. The monoisotopic (exact) mass is 348 g/mol. The molecule has 0 spiro atoms. The summed E-state index contributed by atoms with van der Waals surface area (Å²) in [5.74, 6) is -0.817. The summed E-state index contributed by atoms with van der Waals surface area (Å²) in [7, 11) is -3.93. The number of nitrogens with one attached hydrogen (secondary N) is 2. The van der Waals surface area contributed by atoms with Crippen LogP contribution in [-0.2, 0) is 10.0 Å². The van der Waals surface area contributed by atoms with E-state index in [1.807, 2.05) is 0 Å². The van der Waals surface area contributed by atoms with E-state index < -0.39 is 15.8 Å². The van der Waals surface area contributed by atoms with Crippen LogP contribution in [0.5, 0.6) is 0 Å². The first-order valence-corrected chi connectivity index (χ1v) is 9.04. The summed E-state index contributed by atoms with van der Waals surface area (Å²) in [5, 5.41) is 2.83. The second-order valence-electron chi connectivity index (χ2n) is 5.81. The van der Waals surface area contributed by atoms with E-state index in [2.05, 4.69) is 10.0 Å². The average Bonchev–Trinajstić information content (AvgIpc) is 3.30. The van der Waals surface area contributed by atoms with Crippen LogP contribution in [-0.4, -0.2) is 20.4 Å². The molecule has 0 heterocycles. The molecule has 2 aromatic carbocycles. The van der Waals surface area contributed by atoms with Crippen molar-refractivity contribution in [2.75, 3.05) is 4.72 Å². The molecule has 0 atom stereocenters. The molecule has 0 aliphatic heterocycles. The highest BCUT2D eigenvalue weighted by molar-refractivity contribution is 7.92. The maximum Gasteiger partial charge on any atom is 0.262 e. The molecule has 1 aliphatic rings. The number of anilines is 1. The van der Waals surface area contributed by atoms with Gasteiger partial charge in [-0.25, -0.2) is 12.8 Å². The molecule has 126 valence electrons. The zero-order valence-corrected chi connectivity index (χ0v) is 13.9. The summed E-state index contributed by atoms with van der Waals surface area (Å²) in [4.78, 5) is 12.2. The van der Waals surface area contributed by atoms with Crippen LogP contribution in [0.15, 0.2) is 47.4 Å². The highest BCUT2D eigenvalue weighted by atomic mass is 32.2. The van der Waals surface area contributed by atoms with Crippen molar-refractivity contribution in [3.05, 3.63) is 59.4 Å². The standard InChI is InChI=1S/C17H17FN2O3S/c1-11-10-12(18)6-9-16(11)24(22,23)20-15-5-3-2-4-14(15)17(21)19-13-7-8-13/h2-6,9-10,13,20H,7-8H2,1H3,(H,19,21). The van der Waals surface area contributed by atoms with Gasteiger partial charge in [0.05, 0.1) is 16.1 Å². The second kappa shape index (κ2) is 6.24. The van der Waals surface area contributed by atoms with Crippen molar-refractivity contribution < 1.29 is 17.6 Å². The molecule has 0 unspecified atom stereocenters. The van der Waals surface area contributed by atoms with E-state index in [-0.39, 0.29) is 28.1 Å². The third-order valence-electron chi connectivity index (χ3n) is 3.76. The molecule has 0 aromatic heterocycles. The van der Waals surface area contributed by atoms with E-state index in [0.717, 1.165) is 25.0 Å². The van der Waals surface area contributed by atoms with Gasteiger partial charge in [0.1, 0.15) is 5.82 Å². The fourth-order valence-electron chi connectivity index (χ4n) is 2.38. The van der Waals surface area contributed by atoms with E-state index in [4.69, 9.17) is 0 Å². The van der Waals surface area contributed by atoms with Crippen molar-refractivity contribution in [2.24, 2.45) is 0 Å². The number of hydrogen-bond acceptors (Lipinski definition) is 3. The molecule has 0 saturated heterocycles. The maximum absolute atomic E-state index is 13.2. The third-order valence-corrected chi connectivity index (χ3v) is 5.28. The van der Waals surface area contributed by atoms with Crippen molar-refractivity contribution in [2.45, 2.75) is 30.7 Å². The van der Waals surface area contributed by atoms with Gasteiger partial charge in [-0.2, -0.15) is 0 Å². The van der Waals surface area contributed by atoms with Crippen LogP contribution in [0.3, 0.4) is 0 Å². The van der Waals surface area contributed by atoms with Crippen LogP contribution in [0, 0.1) is 12.7 Å². The molecule has 3 rings (SSSR count). The fraction of sp³-hybridized carbons (Fsp3) is 0.235. The van der Waals surface area contributed by atoms with Crippen LogP contribution < -0.4 is 10.0 Å². The summed E-state index contributed by atoms with van der Waals surface area (Å²) in [6.45, 7) is 1.52. The highest BCUT2D eigenvalue weighted by Gasteiger charge is 2.26. The Bertz CT molecular complexity index is 892. The number of halogens is 1. The van der Waals surface area contributed by atoms with Gasteiger partial charge < -0.3 is 5.32 Å². The minimum Gasteiger partial charge on any atom is -0.349 e. The Morgan fingerprint density at radius 2 is 1.88 bits per heavy atom. The summed E-state index contributed by atoms with van der Waals surface area (Å²) >= 11 is 0. The molecule has 7 heteroatoms. The van der Waals surface area contributed by atoms with Gasteiger partial charge in [0.2, 0.25) is 0 Å². The molecule has 5 nitrogen and oxygen atoms in total. The minimum absolute atomic E-state index is 0.0266. The van der Waals surface area contributed by atoms with Gasteiger partial charge in [-0.05, 0) is 55.7 Å². The Morgan fingerprint density at radius 3 is 2.54 bits per heavy atom. The average molecular weight is 348 g/mol. The summed E-state index contributed by atoms with van der Waals surface area (Å²) in [6.07, 6.45) is 1.88. The number of benzene rings is 2. The van der Waals surface area contributed by atoms with Gasteiger partial charge >= 0.3 is 0 Å². The second-order valence-corrected chi connectivity index (χ2v) is 7.46. The molecule has 1 aliphatic carbocycles. The molecule has 0 radical (unpaired) electrons. The van der Waals surface area contributed by atoms with E-state index in [1.165, 1.54) is 19.1 Å². The van der Waals surface area contributed by atoms with Crippen LogP contribution >= 0.6 is 0 Å². The van der Waals surface area contributed by atoms with Crippen molar-refractivity contribution in [1.82, 2.24) is 5.32 Å². The van der Waals surface area contributed by atoms with Crippen LogP contribution in [0.4, 0.5) is 10.1 Å². The normalized spacial score (nSPS) is 14.2. The topological polar surface area (TPSA) is 75.3 Å². The Hall–Kier alpha value is -2.41. The molecule has 1 amide bonds. The van der Waals surface area contributed by atoms with E-state index in [9.17, 15) is 17.6 Å². The number of amides is 1. The quantitative estimate of drug-likeness (QED) is 0.872. The molecule has 24 heavy (non-hydrogen) atoms. The van der Waals surface area contributed by atoms with E-state index >= 15 is 0 Å². The number of hydrogen-bond donors (Lipinski definition) is 2. The Morgan fingerprint density at radius 1 is 1.17 bits per heavy atom. The fourth-order valence-corrected chi connectivity index (χ4v) is 3.68. The van der Waals surface area contributed by atoms with Gasteiger partial charge in [0.25, 0.3) is 15.9 Å². The van der Waals surface area contributed by atoms with Gasteiger partial charge in [-0.15, -0.1) is 0 Å². The molecule has 1 fully saturated rings. The molecule has 1 saturated carbocycles. The number of carbonyl (C=O) groups is 1. The first-order chi connectivity index (χ1) is 11.4. The molecular weight excluding hydrogens is 331 g/mol. The summed E-state index contributed by atoms with van der Waals surface area (Å²) < 4.78 is 40.8. The van der Waals surface area contributed by atoms with Gasteiger partial charge in [-0.3, -0.25) is 9.52 Å². The zero-order valence-electron chi connectivity index (χ0n) is 13.0.